The Bertz CT molecular complexity index is 434. The van der Waals surface area contributed by atoms with Crippen LogP contribution in [0.3, 0.4) is 0 Å². The zero-order valence-corrected chi connectivity index (χ0v) is 10.8. The number of halogens is 2. The van der Waals surface area contributed by atoms with Crippen LogP contribution in [0.4, 0.5) is 8.78 Å². The third kappa shape index (κ3) is 3.05. The van der Waals surface area contributed by atoms with Crippen molar-refractivity contribution in [2.45, 2.75) is 51.6 Å². The summed E-state index contributed by atoms with van der Waals surface area (Å²) in [5, 5.41) is 10.1. The molecule has 1 saturated carbocycles. The van der Waals surface area contributed by atoms with Crippen molar-refractivity contribution in [2.75, 3.05) is 0 Å². The van der Waals surface area contributed by atoms with Crippen LogP contribution < -0.4 is 0 Å². The van der Waals surface area contributed by atoms with Crippen molar-refractivity contribution < 1.29 is 13.9 Å². The fraction of sp³-hybridized carbons (Fsp3) is 0.643. The maximum Gasteiger partial charge on any atom is 0.248 e. The van der Waals surface area contributed by atoms with Gasteiger partial charge in [-0.2, -0.15) is 0 Å². The predicted molar refractivity (Wildman–Crippen MR) is 65.6 cm³/mol. The van der Waals surface area contributed by atoms with Gasteiger partial charge in [-0.1, -0.05) is 6.07 Å². The minimum absolute atomic E-state index is 0.0509. The first-order valence-corrected chi connectivity index (χ1v) is 6.36. The molecule has 18 heavy (non-hydrogen) atoms. The van der Waals surface area contributed by atoms with Crippen LogP contribution in [-0.4, -0.2) is 16.0 Å². The highest BCUT2D eigenvalue weighted by Gasteiger charge is 2.40. The molecular formula is C14H19F2NO. The van der Waals surface area contributed by atoms with E-state index in [1.807, 2.05) is 19.9 Å². The second kappa shape index (κ2) is 4.92. The Kier molecular flexibility index (Phi) is 3.66. The van der Waals surface area contributed by atoms with Crippen molar-refractivity contribution in [2.24, 2.45) is 5.92 Å². The smallest absolute Gasteiger partial charge is 0.248 e. The van der Waals surface area contributed by atoms with Crippen LogP contribution >= 0.6 is 0 Å². The molecule has 2 rings (SSSR count). The topological polar surface area (TPSA) is 33.1 Å². The number of aliphatic hydroxyl groups is 1. The number of hydrogen-bond acceptors (Lipinski definition) is 2. The molecule has 0 radical (unpaired) electrons. The van der Waals surface area contributed by atoms with E-state index >= 15 is 0 Å². The third-order valence-electron chi connectivity index (χ3n) is 3.63. The summed E-state index contributed by atoms with van der Waals surface area (Å²) < 4.78 is 26.2. The van der Waals surface area contributed by atoms with Gasteiger partial charge in [0, 0.05) is 19.0 Å². The molecule has 1 fully saturated rings. The van der Waals surface area contributed by atoms with E-state index in [0.29, 0.717) is 18.5 Å². The van der Waals surface area contributed by atoms with E-state index in [1.54, 1.807) is 6.20 Å². The van der Waals surface area contributed by atoms with Gasteiger partial charge >= 0.3 is 0 Å². The summed E-state index contributed by atoms with van der Waals surface area (Å²) in [7, 11) is 0. The lowest BCUT2D eigenvalue weighted by molar-refractivity contribution is 0.00244. The summed E-state index contributed by atoms with van der Waals surface area (Å²) >= 11 is 0. The van der Waals surface area contributed by atoms with E-state index in [4.69, 9.17) is 0 Å². The van der Waals surface area contributed by atoms with Gasteiger partial charge < -0.3 is 5.11 Å². The summed E-state index contributed by atoms with van der Waals surface area (Å²) in [5.41, 5.74) is 2.58. The van der Waals surface area contributed by atoms with Crippen LogP contribution in [0.25, 0.3) is 0 Å². The van der Waals surface area contributed by atoms with Gasteiger partial charge in [-0.15, -0.1) is 0 Å². The standard InChI is InChI=1S/C14H19F2NO/c1-9-5-10(2)13(17-8-9)12(18)6-11-3-4-14(15,16)7-11/h5,8,11-12,18H,3-4,6-7H2,1-2H3. The predicted octanol–water partition coefficient (Wildman–Crippen LogP) is 3.56. The van der Waals surface area contributed by atoms with Crippen LogP contribution in [0.1, 0.15) is 48.6 Å². The molecule has 4 heteroatoms. The molecule has 2 atom stereocenters. The van der Waals surface area contributed by atoms with E-state index in [9.17, 15) is 13.9 Å². The molecule has 0 aliphatic heterocycles. The molecule has 1 heterocycles. The largest absolute Gasteiger partial charge is 0.387 e. The average molecular weight is 255 g/mol. The second-order valence-electron chi connectivity index (χ2n) is 5.43. The van der Waals surface area contributed by atoms with Crippen LogP contribution in [0.5, 0.6) is 0 Å². The summed E-state index contributed by atoms with van der Waals surface area (Å²) in [6.07, 6.45) is 1.69. The van der Waals surface area contributed by atoms with E-state index in [-0.39, 0.29) is 18.8 Å². The van der Waals surface area contributed by atoms with Crippen molar-refractivity contribution in [3.8, 4) is 0 Å². The number of hydrogen-bond donors (Lipinski definition) is 1. The molecule has 0 spiro atoms. The summed E-state index contributed by atoms with van der Waals surface area (Å²) in [6.45, 7) is 3.83. The fourth-order valence-electron chi connectivity index (χ4n) is 2.75. The molecule has 1 aliphatic carbocycles. The lowest BCUT2D eigenvalue weighted by atomic mass is 9.96. The summed E-state index contributed by atoms with van der Waals surface area (Å²) in [5.74, 6) is -2.64. The van der Waals surface area contributed by atoms with Gasteiger partial charge in [0.05, 0.1) is 11.8 Å². The first-order chi connectivity index (χ1) is 8.37. The molecule has 1 aromatic rings. The highest BCUT2D eigenvalue weighted by Crippen LogP contribution is 2.42. The van der Waals surface area contributed by atoms with Crippen LogP contribution in [0.2, 0.25) is 0 Å². The number of alkyl halides is 2. The Morgan fingerprint density at radius 1 is 1.50 bits per heavy atom. The number of aliphatic hydroxyl groups excluding tert-OH is 1. The van der Waals surface area contributed by atoms with Gasteiger partial charge in [0.15, 0.2) is 0 Å². The summed E-state index contributed by atoms with van der Waals surface area (Å²) in [4.78, 5) is 4.22. The van der Waals surface area contributed by atoms with Gasteiger partial charge in [0.25, 0.3) is 0 Å². The van der Waals surface area contributed by atoms with E-state index in [0.717, 1.165) is 11.1 Å². The average Bonchev–Trinajstić information content (AvgIpc) is 2.57. The quantitative estimate of drug-likeness (QED) is 0.895. The normalized spacial score (nSPS) is 24.2. The molecule has 1 aliphatic rings. The molecule has 0 amide bonds. The molecule has 100 valence electrons. The van der Waals surface area contributed by atoms with Crippen LogP contribution in [-0.2, 0) is 0 Å². The van der Waals surface area contributed by atoms with Crippen molar-refractivity contribution >= 4 is 0 Å². The van der Waals surface area contributed by atoms with E-state index in [2.05, 4.69) is 4.98 Å². The molecule has 0 saturated heterocycles. The number of pyridine rings is 1. The zero-order valence-electron chi connectivity index (χ0n) is 10.8. The monoisotopic (exact) mass is 255 g/mol. The van der Waals surface area contributed by atoms with Crippen LogP contribution in [0, 0.1) is 19.8 Å². The molecule has 2 unspecified atom stereocenters. The molecule has 1 aromatic heterocycles. The van der Waals surface area contributed by atoms with Gasteiger partial charge in [0.2, 0.25) is 5.92 Å². The minimum Gasteiger partial charge on any atom is -0.387 e. The minimum atomic E-state index is -2.54. The van der Waals surface area contributed by atoms with Gasteiger partial charge in [-0.3, -0.25) is 4.98 Å². The van der Waals surface area contributed by atoms with Crippen molar-refractivity contribution in [3.05, 3.63) is 29.1 Å². The van der Waals surface area contributed by atoms with Crippen molar-refractivity contribution in [1.82, 2.24) is 4.98 Å². The number of nitrogens with zero attached hydrogens (tertiary/aromatic N) is 1. The van der Waals surface area contributed by atoms with Gasteiger partial charge in [-0.25, -0.2) is 8.78 Å². The zero-order chi connectivity index (χ0) is 13.3. The number of rotatable bonds is 3. The Morgan fingerprint density at radius 3 is 2.78 bits per heavy atom. The first-order valence-electron chi connectivity index (χ1n) is 6.36. The SMILES string of the molecule is Cc1cnc(C(O)CC2CCC(F)(F)C2)c(C)c1. The molecular weight excluding hydrogens is 236 g/mol. The van der Waals surface area contributed by atoms with E-state index < -0.39 is 12.0 Å². The fourth-order valence-corrected chi connectivity index (χ4v) is 2.75. The number of aryl methyl sites for hydroxylation is 2. The first kappa shape index (κ1) is 13.4. The third-order valence-corrected chi connectivity index (χ3v) is 3.63. The maximum absolute atomic E-state index is 13.1. The highest BCUT2D eigenvalue weighted by atomic mass is 19.3. The maximum atomic E-state index is 13.1. The van der Waals surface area contributed by atoms with Crippen molar-refractivity contribution in [3.63, 3.8) is 0 Å². The van der Waals surface area contributed by atoms with Crippen LogP contribution in [0.15, 0.2) is 12.3 Å². The van der Waals surface area contributed by atoms with Crippen molar-refractivity contribution in [1.29, 1.82) is 0 Å². The second-order valence-corrected chi connectivity index (χ2v) is 5.43. The molecule has 0 aromatic carbocycles. The molecule has 0 bridgehead atoms. The number of aromatic nitrogens is 1. The van der Waals surface area contributed by atoms with E-state index in [1.165, 1.54) is 0 Å². The molecule has 1 N–H and O–H groups in total. The summed E-state index contributed by atoms with van der Waals surface area (Å²) in [6, 6.07) is 1.95. The Morgan fingerprint density at radius 2 is 2.22 bits per heavy atom. The Balaban J connectivity index is 2.02. The molecule has 2 nitrogen and oxygen atoms in total. The Hall–Kier alpha value is -1.03. The Labute approximate surface area is 106 Å². The lowest BCUT2D eigenvalue weighted by Crippen LogP contribution is -2.12. The highest BCUT2D eigenvalue weighted by molar-refractivity contribution is 5.24. The van der Waals surface area contributed by atoms with Gasteiger partial charge in [-0.05, 0) is 43.7 Å². The van der Waals surface area contributed by atoms with Gasteiger partial charge in [0.1, 0.15) is 0 Å². The lowest BCUT2D eigenvalue weighted by Gasteiger charge is -2.17.